The van der Waals surface area contributed by atoms with E-state index in [1.54, 1.807) is 36.4 Å². The Bertz CT molecular complexity index is 875. The van der Waals surface area contributed by atoms with Gasteiger partial charge in [0, 0.05) is 23.0 Å². The number of anilines is 2. The summed E-state index contributed by atoms with van der Waals surface area (Å²) in [6, 6.07) is 11.9. The molecule has 2 N–H and O–H groups in total. The summed E-state index contributed by atoms with van der Waals surface area (Å²) in [6.45, 7) is 3.50. The normalized spacial score (nSPS) is 16.5. The van der Waals surface area contributed by atoms with E-state index < -0.39 is 10.0 Å². The first kappa shape index (κ1) is 15.6. The van der Waals surface area contributed by atoms with Gasteiger partial charge in [-0.2, -0.15) is 0 Å². The number of ketones is 1. The van der Waals surface area contributed by atoms with Gasteiger partial charge in [0.2, 0.25) is 0 Å². The molecule has 6 heteroatoms. The standard InChI is InChI=1S/C17H18N2O3S/c1-11-8-14-10-16(6-7-17(14)18-11)23(21,22)19-15-5-3-4-13(9-15)12(2)20/h3-7,9-11,18-19H,8H2,1-2H3/t11-/m0/s1. The van der Waals surface area contributed by atoms with Crippen molar-refractivity contribution in [1.29, 1.82) is 0 Å². The molecule has 120 valence electrons. The van der Waals surface area contributed by atoms with Crippen molar-refractivity contribution < 1.29 is 13.2 Å². The molecule has 0 spiro atoms. The molecule has 0 amide bonds. The molecule has 1 heterocycles. The first-order valence-corrected chi connectivity index (χ1v) is 8.87. The van der Waals surface area contributed by atoms with Crippen molar-refractivity contribution in [3.05, 3.63) is 53.6 Å². The lowest BCUT2D eigenvalue weighted by Crippen LogP contribution is -2.13. The minimum atomic E-state index is -3.68. The lowest BCUT2D eigenvalue weighted by atomic mass is 10.1. The Balaban J connectivity index is 1.89. The van der Waals surface area contributed by atoms with Crippen molar-refractivity contribution >= 4 is 27.2 Å². The Labute approximate surface area is 135 Å². The van der Waals surface area contributed by atoms with Crippen molar-refractivity contribution in [2.75, 3.05) is 10.0 Å². The first-order valence-electron chi connectivity index (χ1n) is 7.38. The maximum Gasteiger partial charge on any atom is 0.261 e. The van der Waals surface area contributed by atoms with Crippen LogP contribution in [0.1, 0.15) is 29.8 Å². The van der Waals surface area contributed by atoms with Gasteiger partial charge in [-0.15, -0.1) is 0 Å². The summed E-state index contributed by atoms with van der Waals surface area (Å²) < 4.78 is 27.6. The van der Waals surface area contributed by atoms with Gasteiger partial charge in [0.05, 0.1) is 4.90 Å². The second-order valence-electron chi connectivity index (χ2n) is 5.81. The van der Waals surface area contributed by atoms with Crippen LogP contribution < -0.4 is 10.0 Å². The lowest BCUT2D eigenvalue weighted by Gasteiger charge is -2.10. The number of carbonyl (C=O) groups excluding carboxylic acids is 1. The third-order valence-corrected chi connectivity index (χ3v) is 5.22. The molecule has 0 saturated carbocycles. The molecule has 0 aromatic heterocycles. The highest BCUT2D eigenvalue weighted by atomic mass is 32.2. The van der Waals surface area contributed by atoms with Gasteiger partial charge >= 0.3 is 0 Å². The van der Waals surface area contributed by atoms with Crippen molar-refractivity contribution in [1.82, 2.24) is 0 Å². The number of benzene rings is 2. The summed E-state index contributed by atoms with van der Waals surface area (Å²) in [6.07, 6.45) is 0.804. The molecule has 2 aromatic rings. The minimum Gasteiger partial charge on any atom is -0.382 e. The van der Waals surface area contributed by atoms with Gasteiger partial charge in [0.1, 0.15) is 0 Å². The van der Waals surface area contributed by atoms with E-state index in [9.17, 15) is 13.2 Å². The molecular weight excluding hydrogens is 312 g/mol. The van der Waals surface area contributed by atoms with Crippen LogP contribution in [0, 0.1) is 0 Å². The molecule has 0 aliphatic carbocycles. The minimum absolute atomic E-state index is 0.108. The second kappa shape index (κ2) is 5.70. The molecule has 23 heavy (non-hydrogen) atoms. The molecule has 0 unspecified atom stereocenters. The van der Waals surface area contributed by atoms with Gasteiger partial charge in [-0.3, -0.25) is 9.52 Å². The molecule has 1 aliphatic rings. The van der Waals surface area contributed by atoms with Crippen LogP contribution in [-0.2, 0) is 16.4 Å². The Morgan fingerprint density at radius 2 is 2.00 bits per heavy atom. The Morgan fingerprint density at radius 3 is 2.74 bits per heavy atom. The maximum atomic E-state index is 12.5. The summed E-state index contributed by atoms with van der Waals surface area (Å²) in [4.78, 5) is 11.6. The third kappa shape index (κ3) is 3.22. The first-order chi connectivity index (χ1) is 10.8. The van der Waals surface area contributed by atoms with Crippen LogP contribution in [0.2, 0.25) is 0 Å². The number of rotatable bonds is 4. The van der Waals surface area contributed by atoms with Crippen molar-refractivity contribution in [2.24, 2.45) is 0 Å². The molecule has 1 aliphatic heterocycles. The zero-order valence-corrected chi connectivity index (χ0v) is 13.8. The fraction of sp³-hybridized carbons (Fsp3) is 0.235. The topological polar surface area (TPSA) is 75.3 Å². The summed E-state index contributed by atoms with van der Waals surface area (Å²) in [5, 5.41) is 3.29. The van der Waals surface area contributed by atoms with Crippen molar-refractivity contribution in [3.63, 3.8) is 0 Å². The lowest BCUT2D eigenvalue weighted by molar-refractivity contribution is 0.101. The van der Waals surface area contributed by atoms with E-state index >= 15 is 0 Å². The SMILES string of the molecule is CC(=O)c1cccc(NS(=O)(=O)c2ccc3c(c2)C[C@H](C)N3)c1. The van der Waals surface area contributed by atoms with Gasteiger partial charge in [-0.05, 0) is 56.2 Å². The van der Waals surface area contributed by atoms with Crippen LogP contribution in [0.15, 0.2) is 47.4 Å². The molecule has 0 fully saturated rings. The number of Topliss-reactive ketones (excluding diaryl/α,β-unsaturated/α-hetero) is 1. The predicted octanol–water partition coefficient (Wildman–Crippen LogP) is 3.05. The van der Waals surface area contributed by atoms with Crippen LogP contribution in [-0.4, -0.2) is 20.2 Å². The summed E-state index contributed by atoms with van der Waals surface area (Å²) in [5.41, 5.74) is 2.83. The molecule has 2 aromatic carbocycles. The van der Waals surface area contributed by atoms with Crippen LogP contribution in [0.25, 0.3) is 0 Å². The number of nitrogens with one attached hydrogen (secondary N) is 2. The van der Waals surface area contributed by atoms with E-state index in [0.717, 1.165) is 17.7 Å². The van der Waals surface area contributed by atoms with Crippen LogP contribution in [0.3, 0.4) is 0 Å². The van der Waals surface area contributed by atoms with Crippen LogP contribution in [0.5, 0.6) is 0 Å². The number of carbonyl (C=O) groups is 1. The van der Waals surface area contributed by atoms with Crippen LogP contribution in [0.4, 0.5) is 11.4 Å². The van der Waals surface area contributed by atoms with Crippen molar-refractivity contribution in [3.8, 4) is 0 Å². The molecule has 0 bridgehead atoms. The van der Waals surface area contributed by atoms with Gasteiger partial charge in [0.25, 0.3) is 10.0 Å². The monoisotopic (exact) mass is 330 g/mol. The van der Waals surface area contributed by atoms with E-state index in [-0.39, 0.29) is 10.7 Å². The van der Waals surface area contributed by atoms with Crippen molar-refractivity contribution in [2.45, 2.75) is 31.2 Å². The predicted molar refractivity (Wildman–Crippen MR) is 90.5 cm³/mol. The quantitative estimate of drug-likeness (QED) is 0.845. The highest BCUT2D eigenvalue weighted by Crippen LogP contribution is 2.28. The zero-order chi connectivity index (χ0) is 16.6. The van der Waals surface area contributed by atoms with Gasteiger partial charge < -0.3 is 5.32 Å². The third-order valence-electron chi connectivity index (χ3n) is 3.84. The number of hydrogen-bond donors (Lipinski definition) is 2. The average molecular weight is 330 g/mol. The molecule has 0 saturated heterocycles. The summed E-state index contributed by atoms with van der Waals surface area (Å²) in [5.74, 6) is -0.108. The molecule has 1 atom stereocenters. The Kier molecular flexibility index (Phi) is 3.85. The average Bonchev–Trinajstić information content (AvgIpc) is 2.86. The van der Waals surface area contributed by atoms with E-state index in [0.29, 0.717) is 17.3 Å². The van der Waals surface area contributed by atoms with Gasteiger partial charge in [-0.25, -0.2) is 8.42 Å². The molecule has 3 rings (SSSR count). The highest BCUT2D eigenvalue weighted by molar-refractivity contribution is 7.92. The largest absolute Gasteiger partial charge is 0.382 e. The smallest absolute Gasteiger partial charge is 0.261 e. The maximum absolute atomic E-state index is 12.5. The molecule has 5 nitrogen and oxygen atoms in total. The fourth-order valence-corrected chi connectivity index (χ4v) is 3.81. The zero-order valence-electron chi connectivity index (χ0n) is 13.0. The molecule has 0 radical (unpaired) electrons. The Morgan fingerprint density at radius 1 is 1.22 bits per heavy atom. The molecular formula is C17H18N2O3S. The van der Waals surface area contributed by atoms with E-state index in [4.69, 9.17) is 0 Å². The van der Waals surface area contributed by atoms with E-state index in [2.05, 4.69) is 17.0 Å². The fourth-order valence-electron chi connectivity index (χ4n) is 2.71. The number of fused-ring (bicyclic) bond motifs is 1. The van der Waals surface area contributed by atoms with Gasteiger partial charge in [0.15, 0.2) is 5.78 Å². The highest BCUT2D eigenvalue weighted by Gasteiger charge is 2.21. The summed E-state index contributed by atoms with van der Waals surface area (Å²) in [7, 11) is -3.68. The second-order valence-corrected chi connectivity index (χ2v) is 7.49. The Hall–Kier alpha value is -2.34. The van der Waals surface area contributed by atoms with Gasteiger partial charge in [-0.1, -0.05) is 12.1 Å². The van der Waals surface area contributed by atoms with E-state index in [1.165, 1.54) is 13.0 Å². The number of sulfonamides is 1. The van der Waals surface area contributed by atoms with E-state index in [1.807, 2.05) is 0 Å². The summed E-state index contributed by atoms with van der Waals surface area (Å²) >= 11 is 0. The number of hydrogen-bond acceptors (Lipinski definition) is 4. The van der Waals surface area contributed by atoms with Crippen LogP contribution >= 0.6 is 0 Å².